The van der Waals surface area contributed by atoms with Crippen LogP contribution in [0, 0.1) is 22.7 Å². The average molecular weight is 269 g/mol. The molecule has 1 saturated carbocycles. The highest BCUT2D eigenvalue weighted by atomic mass is 32.2. The first-order chi connectivity index (χ1) is 8.68. The first kappa shape index (κ1) is 15.9. The fourth-order valence-corrected chi connectivity index (χ4v) is 3.56. The van der Waals surface area contributed by atoms with E-state index >= 15 is 0 Å². The van der Waals surface area contributed by atoms with Crippen molar-refractivity contribution in [3.8, 4) is 6.07 Å². The summed E-state index contributed by atoms with van der Waals surface area (Å²) in [5.74, 6) is 1.87. The Morgan fingerprint density at radius 1 is 1.44 bits per heavy atom. The Balaban J connectivity index is 2.47. The summed E-state index contributed by atoms with van der Waals surface area (Å²) < 4.78 is 0. The Labute approximate surface area is 116 Å². The van der Waals surface area contributed by atoms with E-state index in [1.807, 2.05) is 11.8 Å². The van der Waals surface area contributed by atoms with E-state index in [1.54, 1.807) is 0 Å². The Bertz CT molecular complexity index is 266. The van der Waals surface area contributed by atoms with E-state index < -0.39 is 11.5 Å². The smallest absolute Gasteiger partial charge is 0.0832 e. The minimum atomic E-state index is -0.442. The number of hydrogen-bond acceptors (Lipinski definition) is 3. The van der Waals surface area contributed by atoms with Gasteiger partial charge in [0.1, 0.15) is 0 Å². The largest absolute Gasteiger partial charge is 0.391 e. The number of aliphatic hydroxyl groups excluding tert-OH is 1. The van der Waals surface area contributed by atoms with E-state index in [9.17, 15) is 10.4 Å². The topological polar surface area (TPSA) is 44.0 Å². The molecule has 0 bridgehead atoms. The van der Waals surface area contributed by atoms with Crippen molar-refractivity contribution >= 4 is 11.8 Å². The number of thioether (sulfide) groups is 1. The zero-order valence-electron chi connectivity index (χ0n) is 11.8. The summed E-state index contributed by atoms with van der Waals surface area (Å²) in [5.41, 5.74) is -0.442. The molecular formula is C15H27NOS. The maximum Gasteiger partial charge on any atom is 0.0832 e. The SMILES string of the molecule is CCCC1CCC(C#N)(C(O)CCCSC)CC1. The number of nitriles is 1. The monoisotopic (exact) mass is 269 g/mol. The molecule has 1 aliphatic rings. The van der Waals surface area contributed by atoms with E-state index in [4.69, 9.17) is 0 Å². The fraction of sp³-hybridized carbons (Fsp3) is 0.933. The molecule has 1 atom stereocenters. The Morgan fingerprint density at radius 3 is 2.61 bits per heavy atom. The highest BCUT2D eigenvalue weighted by molar-refractivity contribution is 7.98. The van der Waals surface area contributed by atoms with Crippen molar-refractivity contribution in [1.82, 2.24) is 0 Å². The number of rotatable bonds is 7. The summed E-state index contributed by atoms with van der Waals surface area (Å²) in [6.45, 7) is 2.23. The van der Waals surface area contributed by atoms with Crippen LogP contribution in [0.3, 0.4) is 0 Å². The third-order valence-corrected chi connectivity index (χ3v) is 5.08. The molecule has 1 unspecified atom stereocenters. The van der Waals surface area contributed by atoms with Crippen LogP contribution in [0.1, 0.15) is 58.3 Å². The minimum absolute atomic E-state index is 0.419. The molecule has 3 heteroatoms. The number of aliphatic hydroxyl groups is 1. The van der Waals surface area contributed by atoms with Gasteiger partial charge in [-0.1, -0.05) is 19.8 Å². The zero-order chi connectivity index (χ0) is 13.4. The van der Waals surface area contributed by atoms with Gasteiger partial charge in [-0.05, 0) is 56.5 Å². The molecule has 2 nitrogen and oxygen atoms in total. The van der Waals surface area contributed by atoms with Gasteiger partial charge in [0.25, 0.3) is 0 Å². The summed E-state index contributed by atoms with van der Waals surface area (Å²) >= 11 is 1.81. The molecule has 1 N–H and O–H groups in total. The van der Waals surface area contributed by atoms with Gasteiger partial charge in [0, 0.05) is 0 Å². The average Bonchev–Trinajstić information content (AvgIpc) is 2.40. The molecule has 1 fully saturated rings. The summed E-state index contributed by atoms with van der Waals surface area (Å²) in [5, 5.41) is 19.8. The van der Waals surface area contributed by atoms with Gasteiger partial charge in [0.15, 0.2) is 0 Å². The van der Waals surface area contributed by atoms with Crippen LogP contribution >= 0.6 is 11.8 Å². The highest BCUT2D eigenvalue weighted by Gasteiger charge is 2.40. The van der Waals surface area contributed by atoms with Crippen molar-refractivity contribution < 1.29 is 5.11 Å². The lowest BCUT2D eigenvalue weighted by Crippen LogP contribution is -2.37. The lowest BCUT2D eigenvalue weighted by molar-refractivity contribution is 0.0191. The Morgan fingerprint density at radius 2 is 2.11 bits per heavy atom. The van der Waals surface area contributed by atoms with E-state index in [-0.39, 0.29) is 0 Å². The van der Waals surface area contributed by atoms with E-state index in [1.165, 1.54) is 12.8 Å². The predicted molar refractivity (Wildman–Crippen MR) is 78.5 cm³/mol. The predicted octanol–water partition coefficient (Wildman–Crippen LogP) is 3.99. The van der Waals surface area contributed by atoms with Crippen molar-refractivity contribution in [3.63, 3.8) is 0 Å². The van der Waals surface area contributed by atoms with Gasteiger partial charge in [0.05, 0.1) is 17.6 Å². The van der Waals surface area contributed by atoms with Crippen LogP contribution in [0.25, 0.3) is 0 Å². The Kier molecular flexibility index (Phi) is 7.11. The van der Waals surface area contributed by atoms with Gasteiger partial charge in [-0.15, -0.1) is 0 Å². The quantitative estimate of drug-likeness (QED) is 0.711. The second-order valence-corrected chi connectivity index (χ2v) is 6.64. The second-order valence-electron chi connectivity index (χ2n) is 5.65. The van der Waals surface area contributed by atoms with Crippen molar-refractivity contribution in [3.05, 3.63) is 0 Å². The molecule has 0 spiro atoms. The van der Waals surface area contributed by atoms with Crippen LogP contribution in [0.2, 0.25) is 0 Å². The third-order valence-electron chi connectivity index (χ3n) is 4.38. The van der Waals surface area contributed by atoms with Crippen molar-refractivity contribution in [2.24, 2.45) is 11.3 Å². The molecule has 1 aliphatic carbocycles. The molecule has 1 rings (SSSR count). The van der Waals surface area contributed by atoms with Crippen LogP contribution in [0.15, 0.2) is 0 Å². The molecule has 0 saturated heterocycles. The maximum atomic E-state index is 10.3. The normalized spacial score (nSPS) is 29.8. The summed E-state index contributed by atoms with van der Waals surface area (Å²) in [6, 6.07) is 2.45. The van der Waals surface area contributed by atoms with Crippen LogP contribution in [-0.2, 0) is 0 Å². The molecule has 18 heavy (non-hydrogen) atoms. The summed E-state index contributed by atoms with van der Waals surface area (Å²) in [7, 11) is 0. The molecule has 0 aliphatic heterocycles. The molecule has 0 heterocycles. The standard InChI is InChI=1S/C15H27NOS/c1-3-5-13-7-9-15(12-16,10-8-13)14(17)6-4-11-18-2/h13-14,17H,3-11H2,1-2H3. The highest BCUT2D eigenvalue weighted by Crippen LogP contribution is 2.43. The molecule has 0 aromatic carbocycles. The van der Waals surface area contributed by atoms with Crippen molar-refractivity contribution in [1.29, 1.82) is 5.26 Å². The van der Waals surface area contributed by atoms with Gasteiger partial charge in [0.2, 0.25) is 0 Å². The van der Waals surface area contributed by atoms with Crippen LogP contribution < -0.4 is 0 Å². The molecule has 0 aromatic heterocycles. The summed E-state index contributed by atoms with van der Waals surface area (Å²) in [4.78, 5) is 0. The third kappa shape index (κ3) is 4.17. The second kappa shape index (κ2) is 8.07. The molecule has 104 valence electrons. The van der Waals surface area contributed by atoms with Crippen LogP contribution in [0.4, 0.5) is 0 Å². The van der Waals surface area contributed by atoms with E-state index in [0.717, 1.165) is 50.2 Å². The lowest BCUT2D eigenvalue weighted by Gasteiger charge is -2.38. The maximum absolute atomic E-state index is 10.3. The van der Waals surface area contributed by atoms with Gasteiger partial charge in [-0.25, -0.2) is 0 Å². The molecule has 0 amide bonds. The van der Waals surface area contributed by atoms with Crippen molar-refractivity contribution in [2.45, 2.75) is 64.4 Å². The number of nitrogens with zero attached hydrogens (tertiary/aromatic N) is 1. The lowest BCUT2D eigenvalue weighted by atomic mass is 9.66. The van der Waals surface area contributed by atoms with Crippen LogP contribution in [0.5, 0.6) is 0 Å². The molecular weight excluding hydrogens is 242 g/mol. The van der Waals surface area contributed by atoms with E-state index in [0.29, 0.717) is 0 Å². The van der Waals surface area contributed by atoms with Crippen LogP contribution in [-0.4, -0.2) is 23.2 Å². The molecule has 0 radical (unpaired) electrons. The first-order valence-corrected chi connectivity index (χ1v) is 8.66. The Hall–Kier alpha value is -0.200. The van der Waals surface area contributed by atoms with Gasteiger partial charge >= 0.3 is 0 Å². The van der Waals surface area contributed by atoms with Crippen molar-refractivity contribution in [2.75, 3.05) is 12.0 Å². The first-order valence-electron chi connectivity index (χ1n) is 7.26. The minimum Gasteiger partial charge on any atom is -0.391 e. The zero-order valence-corrected chi connectivity index (χ0v) is 12.6. The molecule has 0 aromatic rings. The summed E-state index contributed by atoms with van der Waals surface area (Å²) in [6.07, 6.45) is 10.0. The van der Waals surface area contributed by atoms with Gasteiger partial charge in [-0.3, -0.25) is 0 Å². The van der Waals surface area contributed by atoms with Gasteiger partial charge < -0.3 is 5.11 Å². The fourth-order valence-electron chi connectivity index (χ4n) is 3.11. The number of hydrogen-bond donors (Lipinski definition) is 1. The van der Waals surface area contributed by atoms with Gasteiger partial charge in [-0.2, -0.15) is 17.0 Å². The van der Waals surface area contributed by atoms with E-state index in [2.05, 4.69) is 19.2 Å².